The number of anilines is 1. The number of hydrogen-bond acceptors (Lipinski definition) is 6. The molecule has 3 rings (SSSR count). The van der Waals surface area contributed by atoms with E-state index in [1.54, 1.807) is 29.7 Å². The minimum absolute atomic E-state index is 0.0688. The number of amides is 1. The van der Waals surface area contributed by atoms with Crippen LogP contribution < -0.4 is 5.32 Å². The molecule has 0 aliphatic heterocycles. The van der Waals surface area contributed by atoms with Gasteiger partial charge in [-0.1, -0.05) is 23.9 Å². The summed E-state index contributed by atoms with van der Waals surface area (Å²) in [5.74, 6) is 1.56. The van der Waals surface area contributed by atoms with Gasteiger partial charge in [0.2, 0.25) is 5.91 Å². The summed E-state index contributed by atoms with van der Waals surface area (Å²) in [5, 5.41) is 13.4. The quantitative estimate of drug-likeness (QED) is 0.596. The Kier molecular flexibility index (Phi) is 6.52. The number of pyridine rings is 1. The topological polar surface area (TPSA) is 72.7 Å². The molecule has 0 spiro atoms. The van der Waals surface area contributed by atoms with Gasteiger partial charge in [-0.3, -0.25) is 4.79 Å². The largest absolute Gasteiger partial charge is 0.326 e. The Hall–Kier alpha value is -2.32. The molecule has 0 radical (unpaired) electrons. The van der Waals surface area contributed by atoms with E-state index >= 15 is 0 Å². The zero-order chi connectivity index (χ0) is 19.2. The van der Waals surface area contributed by atoms with E-state index in [2.05, 4.69) is 32.0 Å². The summed E-state index contributed by atoms with van der Waals surface area (Å²) in [6.07, 6.45) is 3.81. The lowest BCUT2D eigenvalue weighted by molar-refractivity contribution is -0.114. The maximum atomic E-state index is 11.1. The van der Waals surface area contributed by atoms with E-state index < -0.39 is 0 Å². The van der Waals surface area contributed by atoms with Crippen molar-refractivity contribution >= 4 is 35.1 Å². The fraction of sp³-hybridized carbons (Fsp3) is 0.263. The molecule has 0 aliphatic carbocycles. The third-order valence-corrected chi connectivity index (χ3v) is 5.63. The summed E-state index contributed by atoms with van der Waals surface area (Å²) in [4.78, 5) is 15.5. The Balaban J connectivity index is 1.76. The first-order chi connectivity index (χ1) is 13.1. The number of nitrogens with zero attached hydrogens (tertiary/aromatic N) is 4. The van der Waals surface area contributed by atoms with Crippen LogP contribution in [0, 0.1) is 0 Å². The molecule has 0 unspecified atom stereocenters. The Morgan fingerprint density at radius 3 is 2.63 bits per heavy atom. The molecule has 2 heterocycles. The summed E-state index contributed by atoms with van der Waals surface area (Å²) < 4.78 is 2.12. The van der Waals surface area contributed by atoms with Crippen molar-refractivity contribution in [1.29, 1.82) is 0 Å². The van der Waals surface area contributed by atoms with Crippen molar-refractivity contribution in [2.24, 2.45) is 0 Å². The van der Waals surface area contributed by atoms with Gasteiger partial charge >= 0.3 is 0 Å². The van der Waals surface area contributed by atoms with Crippen LogP contribution in [0.3, 0.4) is 0 Å². The van der Waals surface area contributed by atoms with Crippen LogP contribution in [0.15, 0.2) is 52.8 Å². The van der Waals surface area contributed by atoms with Gasteiger partial charge < -0.3 is 9.88 Å². The summed E-state index contributed by atoms with van der Waals surface area (Å²) in [6.45, 7) is 4.38. The molecule has 3 aromatic rings. The molecule has 6 nitrogen and oxygen atoms in total. The predicted molar refractivity (Wildman–Crippen MR) is 111 cm³/mol. The highest BCUT2D eigenvalue weighted by Crippen LogP contribution is 2.30. The number of nitrogens with one attached hydrogen (secondary N) is 1. The van der Waals surface area contributed by atoms with E-state index in [1.165, 1.54) is 6.92 Å². The van der Waals surface area contributed by atoms with Crippen molar-refractivity contribution in [2.45, 2.75) is 36.3 Å². The molecule has 0 saturated heterocycles. The fourth-order valence-corrected chi connectivity index (χ4v) is 4.14. The molecule has 0 fully saturated rings. The summed E-state index contributed by atoms with van der Waals surface area (Å²) >= 11 is 3.25. The zero-order valence-corrected chi connectivity index (χ0v) is 17.1. The van der Waals surface area contributed by atoms with E-state index in [4.69, 9.17) is 0 Å². The number of carbonyl (C=O) groups excluding carboxylic acids is 1. The van der Waals surface area contributed by atoms with Gasteiger partial charge in [0.1, 0.15) is 5.03 Å². The van der Waals surface area contributed by atoms with Crippen LogP contribution in [0.4, 0.5) is 5.69 Å². The molecular weight excluding hydrogens is 378 g/mol. The lowest BCUT2D eigenvalue weighted by Gasteiger charge is -2.09. The maximum absolute atomic E-state index is 11.1. The van der Waals surface area contributed by atoms with Gasteiger partial charge in [0, 0.05) is 31.1 Å². The molecule has 0 aliphatic rings. The van der Waals surface area contributed by atoms with Crippen LogP contribution in [0.5, 0.6) is 0 Å². The first-order valence-electron chi connectivity index (χ1n) is 8.54. The highest BCUT2D eigenvalue weighted by Gasteiger charge is 2.16. The lowest BCUT2D eigenvalue weighted by atomic mass is 10.2. The van der Waals surface area contributed by atoms with Crippen LogP contribution in [0.1, 0.15) is 19.4 Å². The number of aromatic nitrogens is 4. The number of benzene rings is 1. The molecule has 8 heteroatoms. The van der Waals surface area contributed by atoms with Gasteiger partial charge in [-0.2, -0.15) is 0 Å². The van der Waals surface area contributed by atoms with Crippen molar-refractivity contribution in [3.63, 3.8) is 0 Å². The van der Waals surface area contributed by atoms with E-state index in [1.807, 2.05) is 42.7 Å². The van der Waals surface area contributed by atoms with Crippen molar-refractivity contribution in [3.05, 3.63) is 48.2 Å². The van der Waals surface area contributed by atoms with Gasteiger partial charge in [0.25, 0.3) is 0 Å². The van der Waals surface area contributed by atoms with E-state index in [0.717, 1.165) is 45.1 Å². The van der Waals surface area contributed by atoms with Gasteiger partial charge in [-0.15, -0.1) is 22.0 Å². The van der Waals surface area contributed by atoms with Crippen molar-refractivity contribution in [2.75, 3.05) is 11.6 Å². The SMILES string of the molecule is CCn1c(SCc2ccc(NC(C)=O)cc2)nnc1-c1cccnc1SC. The van der Waals surface area contributed by atoms with Gasteiger partial charge in [-0.25, -0.2) is 4.98 Å². The van der Waals surface area contributed by atoms with Crippen LogP contribution in [0.25, 0.3) is 11.4 Å². The Morgan fingerprint density at radius 2 is 1.96 bits per heavy atom. The summed E-state index contributed by atoms with van der Waals surface area (Å²) in [7, 11) is 0. The average molecular weight is 400 g/mol. The fourth-order valence-electron chi connectivity index (χ4n) is 2.64. The second kappa shape index (κ2) is 9.05. The Labute approximate surface area is 167 Å². The molecule has 1 N–H and O–H groups in total. The third-order valence-electron chi connectivity index (χ3n) is 3.88. The second-order valence-electron chi connectivity index (χ2n) is 5.78. The average Bonchev–Trinajstić information content (AvgIpc) is 3.09. The number of rotatable bonds is 7. The predicted octanol–water partition coefficient (Wildman–Crippen LogP) is 4.33. The van der Waals surface area contributed by atoms with E-state index in [9.17, 15) is 4.79 Å². The van der Waals surface area contributed by atoms with Crippen molar-refractivity contribution < 1.29 is 4.79 Å². The smallest absolute Gasteiger partial charge is 0.221 e. The molecule has 2 aromatic heterocycles. The number of hydrogen-bond donors (Lipinski definition) is 1. The number of carbonyl (C=O) groups is 1. The summed E-state index contributed by atoms with van der Waals surface area (Å²) in [5.41, 5.74) is 2.97. The Bertz CT molecular complexity index is 924. The highest BCUT2D eigenvalue weighted by atomic mass is 32.2. The zero-order valence-electron chi connectivity index (χ0n) is 15.5. The Morgan fingerprint density at radius 1 is 1.19 bits per heavy atom. The minimum atomic E-state index is -0.0688. The molecule has 0 saturated carbocycles. The molecule has 140 valence electrons. The molecule has 27 heavy (non-hydrogen) atoms. The van der Waals surface area contributed by atoms with Gasteiger partial charge in [0.05, 0.1) is 5.56 Å². The van der Waals surface area contributed by atoms with E-state index in [0.29, 0.717) is 0 Å². The molecule has 0 bridgehead atoms. The third kappa shape index (κ3) is 4.70. The summed E-state index contributed by atoms with van der Waals surface area (Å²) in [6, 6.07) is 11.8. The van der Waals surface area contributed by atoms with Crippen LogP contribution >= 0.6 is 23.5 Å². The van der Waals surface area contributed by atoms with Gasteiger partial charge in [-0.05, 0) is 43.0 Å². The first kappa shape index (κ1) is 19.4. The minimum Gasteiger partial charge on any atom is -0.326 e. The number of thioether (sulfide) groups is 2. The monoisotopic (exact) mass is 399 g/mol. The molecule has 1 amide bonds. The van der Waals surface area contributed by atoms with Crippen molar-refractivity contribution in [3.8, 4) is 11.4 Å². The maximum Gasteiger partial charge on any atom is 0.221 e. The molecule has 1 aromatic carbocycles. The van der Waals surface area contributed by atoms with Crippen LogP contribution in [-0.4, -0.2) is 31.9 Å². The normalized spacial score (nSPS) is 10.8. The first-order valence-corrected chi connectivity index (χ1v) is 10.7. The van der Waals surface area contributed by atoms with Crippen molar-refractivity contribution in [1.82, 2.24) is 19.7 Å². The molecule has 0 atom stereocenters. The lowest BCUT2D eigenvalue weighted by Crippen LogP contribution is -2.05. The van der Waals surface area contributed by atoms with Crippen LogP contribution in [-0.2, 0) is 17.1 Å². The van der Waals surface area contributed by atoms with E-state index in [-0.39, 0.29) is 5.91 Å². The molecular formula is C19H21N5OS2. The highest BCUT2D eigenvalue weighted by molar-refractivity contribution is 7.98. The van der Waals surface area contributed by atoms with Crippen LogP contribution in [0.2, 0.25) is 0 Å². The standard InChI is InChI=1S/C19H21N5OS2/c1-4-24-17(16-6-5-11-20-18(16)26-3)22-23-19(24)27-12-14-7-9-15(10-8-14)21-13(2)25/h5-11H,4,12H2,1-3H3,(H,21,25). The second-order valence-corrected chi connectivity index (χ2v) is 7.51. The van der Waals surface area contributed by atoms with Gasteiger partial charge in [0.15, 0.2) is 11.0 Å².